The molecule has 1 rings (SSSR count). The van der Waals surface area contributed by atoms with Crippen molar-refractivity contribution in [3.8, 4) is 5.75 Å². The van der Waals surface area contributed by atoms with Gasteiger partial charge >= 0.3 is 0 Å². The predicted molar refractivity (Wildman–Crippen MR) is 55.8 cm³/mol. The first kappa shape index (κ1) is 10.4. The Bertz CT molecular complexity index is 258. The molecule has 0 spiro atoms. The van der Waals surface area contributed by atoms with E-state index in [2.05, 4.69) is 20.8 Å². The van der Waals surface area contributed by atoms with Gasteiger partial charge in [0.15, 0.2) is 0 Å². The van der Waals surface area contributed by atoms with Crippen LogP contribution >= 0.6 is 11.6 Å². The zero-order chi connectivity index (χ0) is 9.90. The molecule has 0 aliphatic heterocycles. The van der Waals surface area contributed by atoms with Crippen LogP contribution in [0.15, 0.2) is 24.3 Å². The van der Waals surface area contributed by atoms with Crippen LogP contribution in [0.25, 0.3) is 0 Å². The molecule has 0 N–H and O–H groups in total. The summed E-state index contributed by atoms with van der Waals surface area (Å²) in [5, 5.41) is 0.725. The second-order valence-corrected chi connectivity index (χ2v) is 4.49. The quantitative estimate of drug-likeness (QED) is 0.698. The molecule has 0 unspecified atom stereocenters. The number of ether oxygens (including phenoxy) is 1. The number of benzene rings is 1. The molecular weight excluding hydrogens is 184 g/mol. The van der Waals surface area contributed by atoms with E-state index in [1.165, 1.54) is 0 Å². The maximum atomic E-state index is 5.74. The summed E-state index contributed by atoms with van der Waals surface area (Å²) in [5.74, 6) is 0.819. The minimum absolute atomic E-state index is 0.0691. The van der Waals surface area contributed by atoms with Gasteiger partial charge in [0, 0.05) is 10.4 Å². The highest BCUT2D eigenvalue weighted by molar-refractivity contribution is 6.30. The highest BCUT2D eigenvalue weighted by Gasteiger charge is 2.11. The minimum atomic E-state index is 0.0691. The number of hydrogen-bond acceptors (Lipinski definition) is 1. The zero-order valence-electron chi connectivity index (χ0n) is 8.17. The highest BCUT2D eigenvalue weighted by Crippen LogP contribution is 2.22. The Labute approximate surface area is 84.7 Å². The van der Waals surface area contributed by atoms with Crippen molar-refractivity contribution in [2.75, 3.05) is 0 Å². The molecule has 1 nitrogen and oxygen atoms in total. The maximum absolute atomic E-state index is 5.74. The van der Waals surface area contributed by atoms with Gasteiger partial charge in [0.05, 0.1) is 0 Å². The van der Waals surface area contributed by atoms with E-state index in [0.29, 0.717) is 0 Å². The van der Waals surface area contributed by atoms with Crippen LogP contribution in [0.2, 0.25) is 5.02 Å². The SMILES string of the molecule is CC(C)(C)[CH]Oc1ccc(Cl)cc1. The molecule has 0 fully saturated rings. The summed E-state index contributed by atoms with van der Waals surface area (Å²) in [7, 11) is 0. The molecule has 0 aliphatic rings. The van der Waals surface area contributed by atoms with Crippen molar-refractivity contribution in [2.45, 2.75) is 20.8 Å². The molecule has 13 heavy (non-hydrogen) atoms. The molecule has 71 valence electrons. The van der Waals surface area contributed by atoms with Crippen LogP contribution in [0.5, 0.6) is 5.75 Å². The van der Waals surface area contributed by atoms with Gasteiger partial charge in [-0.05, 0) is 24.3 Å². The van der Waals surface area contributed by atoms with E-state index in [-0.39, 0.29) is 5.41 Å². The molecule has 0 aliphatic carbocycles. The van der Waals surface area contributed by atoms with Crippen LogP contribution in [0.1, 0.15) is 20.8 Å². The van der Waals surface area contributed by atoms with Gasteiger partial charge in [-0.2, -0.15) is 0 Å². The molecule has 0 aromatic heterocycles. The Morgan fingerprint density at radius 1 is 1.15 bits per heavy atom. The average Bonchev–Trinajstić information content (AvgIpc) is 2.02. The van der Waals surface area contributed by atoms with Gasteiger partial charge in [-0.15, -0.1) is 0 Å². The van der Waals surface area contributed by atoms with E-state index in [0.717, 1.165) is 10.8 Å². The third-order valence-electron chi connectivity index (χ3n) is 1.36. The van der Waals surface area contributed by atoms with Crippen LogP contribution < -0.4 is 4.74 Å². The molecule has 0 bridgehead atoms. The van der Waals surface area contributed by atoms with Gasteiger partial charge in [-0.1, -0.05) is 32.4 Å². The first-order valence-electron chi connectivity index (χ1n) is 4.24. The Balaban J connectivity index is 2.51. The summed E-state index contributed by atoms with van der Waals surface area (Å²) in [5.41, 5.74) is 0.0691. The summed E-state index contributed by atoms with van der Waals surface area (Å²) in [4.78, 5) is 0. The van der Waals surface area contributed by atoms with E-state index in [1.807, 2.05) is 30.9 Å². The first-order valence-corrected chi connectivity index (χ1v) is 4.62. The Hall–Kier alpha value is -0.690. The summed E-state index contributed by atoms with van der Waals surface area (Å²) in [6.45, 7) is 8.07. The minimum Gasteiger partial charge on any atom is -0.486 e. The fourth-order valence-electron chi connectivity index (χ4n) is 0.758. The van der Waals surface area contributed by atoms with Gasteiger partial charge in [-0.25, -0.2) is 0 Å². The third kappa shape index (κ3) is 4.18. The lowest BCUT2D eigenvalue weighted by Gasteiger charge is -2.17. The first-order chi connectivity index (χ1) is 5.97. The van der Waals surface area contributed by atoms with Gasteiger partial charge < -0.3 is 4.74 Å². The molecule has 0 amide bonds. The molecule has 1 aromatic carbocycles. The molecule has 0 saturated carbocycles. The molecule has 2 heteroatoms. The summed E-state index contributed by atoms with van der Waals surface area (Å²) < 4.78 is 5.44. The van der Waals surface area contributed by atoms with Crippen LogP contribution in [-0.4, -0.2) is 0 Å². The normalized spacial score (nSPS) is 11.4. The topological polar surface area (TPSA) is 9.23 Å². The van der Waals surface area contributed by atoms with E-state index in [9.17, 15) is 0 Å². The highest BCUT2D eigenvalue weighted by atomic mass is 35.5. The Kier molecular flexibility index (Phi) is 3.21. The number of hydrogen-bond donors (Lipinski definition) is 0. The molecule has 1 aromatic rings. The smallest absolute Gasteiger partial charge is 0.141 e. The van der Waals surface area contributed by atoms with Gasteiger partial charge in [-0.3, -0.25) is 0 Å². The Morgan fingerprint density at radius 3 is 2.15 bits per heavy atom. The average molecular weight is 198 g/mol. The molecule has 1 radical (unpaired) electrons. The summed E-state index contributed by atoms with van der Waals surface area (Å²) in [6, 6.07) is 7.33. The monoisotopic (exact) mass is 197 g/mol. The second kappa shape index (κ2) is 4.01. The van der Waals surface area contributed by atoms with Crippen molar-refractivity contribution >= 4 is 11.6 Å². The largest absolute Gasteiger partial charge is 0.486 e. The number of halogens is 1. The van der Waals surface area contributed by atoms with E-state index in [4.69, 9.17) is 16.3 Å². The van der Waals surface area contributed by atoms with Gasteiger partial charge in [0.25, 0.3) is 0 Å². The van der Waals surface area contributed by atoms with Gasteiger partial charge in [0.2, 0.25) is 0 Å². The lowest BCUT2D eigenvalue weighted by atomic mass is 9.99. The van der Waals surface area contributed by atoms with Crippen molar-refractivity contribution in [1.29, 1.82) is 0 Å². The van der Waals surface area contributed by atoms with Crippen LogP contribution in [0, 0.1) is 12.0 Å². The fraction of sp³-hybridized carbons (Fsp3) is 0.364. The van der Waals surface area contributed by atoms with Crippen molar-refractivity contribution in [2.24, 2.45) is 5.41 Å². The molecule has 0 saturated heterocycles. The predicted octanol–water partition coefficient (Wildman–Crippen LogP) is 3.93. The molecule has 0 atom stereocenters. The van der Waals surface area contributed by atoms with E-state index in [1.54, 1.807) is 0 Å². The van der Waals surface area contributed by atoms with Crippen LogP contribution in [0.3, 0.4) is 0 Å². The summed E-state index contributed by atoms with van der Waals surface area (Å²) in [6.07, 6.45) is 0. The van der Waals surface area contributed by atoms with Crippen molar-refractivity contribution in [1.82, 2.24) is 0 Å². The third-order valence-corrected chi connectivity index (χ3v) is 1.61. The summed E-state index contributed by atoms with van der Waals surface area (Å²) >= 11 is 5.74. The number of rotatable bonds is 2. The fourth-order valence-corrected chi connectivity index (χ4v) is 0.884. The Morgan fingerprint density at radius 2 is 1.69 bits per heavy atom. The van der Waals surface area contributed by atoms with Crippen LogP contribution in [-0.2, 0) is 0 Å². The van der Waals surface area contributed by atoms with E-state index >= 15 is 0 Å². The van der Waals surface area contributed by atoms with E-state index < -0.39 is 0 Å². The van der Waals surface area contributed by atoms with Crippen molar-refractivity contribution < 1.29 is 4.74 Å². The lowest BCUT2D eigenvalue weighted by molar-refractivity contribution is 0.280. The molecular formula is C11H14ClO. The second-order valence-electron chi connectivity index (χ2n) is 4.06. The van der Waals surface area contributed by atoms with Gasteiger partial charge in [0.1, 0.15) is 12.4 Å². The maximum Gasteiger partial charge on any atom is 0.141 e. The lowest BCUT2D eigenvalue weighted by Crippen LogP contribution is -2.10. The van der Waals surface area contributed by atoms with Crippen molar-refractivity contribution in [3.63, 3.8) is 0 Å². The van der Waals surface area contributed by atoms with Crippen molar-refractivity contribution in [3.05, 3.63) is 35.9 Å². The van der Waals surface area contributed by atoms with Crippen LogP contribution in [0.4, 0.5) is 0 Å². The standard InChI is InChI=1S/C11H14ClO/c1-11(2,3)8-13-10-6-4-9(12)5-7-10/h4-8H,1-3H3. The zero-order valence-corrected chi connectivity index (χ0v) is 8.93. The molecule has 0 heterocycles.